The van der Waals surface area contributed by atoms with Crippen LogP contribution in [0.5, 0.6) is 0 Å². The van der Waals surface area contributed by atoms with E-state index in [1.54, 1.807) is 6.92 Å². The predicted octanol–water partition coefficient (Wildman–Crippen LogP) is 2.36. The molecule has 0 fully saturated rings. The molecule has 0 rings (SSSR count). The van der Waals surface area contributed by atoms with Crippen LogP contribution in [0, 0.1) is 5.41 Å². The minimum atomic E-state index is -0.728. The van der Waals surface area contributed by atoms with Gasteiger partial charge in [0.25, 0.3) is 0 Å². The predicted molar refractivity (Wildman–Crippen MR) is 49.0 cm³/mol. The summed E-state index contributed by atoms with van der Waals surface area (Å²) in [6, 6.07) is 0. The van der Waals surface area contributed by atoms with E-state index < -0.39 is 5.41 Å². The minimum absolute atomic E-state index is 0.694. The third-order valence-electron chi connectivity index (χ3n) is 2.11. The number of hydrogen-bond acceptors (Lipinski definition) is 2. The zero-order valence-electron chi connectivity index (χ0n) is 8.01. The zero-order valence-corrected chi connectivity index (χ0v) is 8.01. The number of aldehydes is 2. The molecule has 0 aromatic carbocycles. The monoisotopic (exact) mass is 170 g/mol. The fourth-order valence-corrected chi connectivity index (χ4v) is 1.08. The lowest BCUT2D eigenvalue weighted by molar-refractivity contribution is -0.125. The smallest absolute Gasteiger partial charge is 0.132 e. The fourth-order valence-electron chi connectivity index (χ4n) is 1.08. The van der Waals surface area contributed by atoms with Crippen LogP contribution in [0.15, 0.2) is 0 Å². The lowest BCUT2D eigenvalue weighted by Crippen LogP contribution is -2.19. The Hall–Kier alpha value is -0.660. The van der Waals surface area contributed by atoms with Crippen LogP contribution in [-0.2, 0) is 9.59 Å². The van der Waals surface area contributed by atoms with Crippen molar-refractivity contribution in [2.75, 3.05) is 0 Å². The first kappa shape index (κ1) is 11.3. The molecule has 0 aliphatic rings. The van der Waals surface area contributed by atoms with Crippen LogP contribution in [0.3, 0.4) is 0 Å². The highest BCUT2D eigenvalue weighted by Gasteiger charge is 2.21. The number of carbonyl (C=O) groups is 2. The van der Waals surface area contributed by atoms with Crippen molar-refractivity contribution < 1.29 is 9.59 Å². The van der Waals surface area contributed by atoms with Gasteiger partial charge in [-0.25, -0.2) is 0 Å². The molecule has 0 amide bonds. The van der Waals surface area contributed by atoms with Crippen molar-refractivity contribution in [2.45, 2.75) is 46.0 Å². The Bertz CT molecular complexity index is 133. The lowest BCUT2D eigenvalue weighted by atomic mass is 9.88. The lowest BCUT2D eigenvalue weighted by Gasteiger charge is -2.13. The molecule has 0 unspecified atom stereocenters. The van der Waals surface area contributed by atoms with Crippen molar-refractivity contribution in [1.29, 1.82) is 0 Å². The van der Waals surface area contributed by atoms with Gasteiger partial charge in [0.1, 0.15) is 12.6 Å². The van der Waals surface area contributed by atoms with E-state index >= 15 is 0 Å². The van der Waals surface area contributed by atoms with Crippen molar-refractivity contribution >= 4 is 12.6 Å². The molecule has 0 aromatic rings. The van der Waals surface area contributed by atoms with Gasteiger partial charge in [0.2, 0.25) is 0 Å². The van der Waals surface area contributed by atoms with Crippen molar-refractivity contribution in [3.63, 3.8) is 0 Å². The van der Waals surface area contributed by atoms with Gasteiger partial charge < -0.3 is 9.59 Å². The van der Waals surface area contributed by atoms with Gasteiger partial charge >= 0.3 is 0 Å². The number of hydrogen-bond donors (Lipinski definition) is 0. The molecular weight excluding hydrogens is 152 g/mol. The minimum Gasteiger partial charge on any atom is -0.302 e. The van der Waals surface area contributed by atoms with E-state index in [2.05, 4.69) is 6.92 Å². The molecule has 0 saturated heterocycles. The summed E-state index contributed by atoms with van der Waals surface area (Å²) in [7, 11) is 0. The maximum absolute atomic E-state index is 10.5. The maximum Gasteiger partial charge on any atom is 0.132 e. The van der Waals surface area contributed by atoms with E-state index in [1.165, 1.54) is 12.8 Å². The highest BCUT2D eigenvalue weighted by molar-refractivity contribution is 5.82. The third kappa shape index (κ3) is 4.27. The highest BCUT2D eigenvalue weighted by Crippen LogP contribution is 2.19. The molecule has 0 radical (unpaired) electrons. The molecule has 0 saturated carbocycles. The van der Waals surface area contributed by atoms with E-state index in [4.69, 9.17) is 0 Å². The molecule has 0 N–H and O–H groups in total. The summed E-state index contributed by atoms with van der Waals surface area (Å²) >= 11 is 0. The van der Waals surface area contributed by atoms with Gasteiger partial charge in [-0.3, -0.25) is 0 Å². The van der Waals surface area contributed by atoms with Crippen molar-refractivity contribution in [1.82, 2.24) is 0 Å². The summed E-state index contributed by atoms with van der Waals surface area (Å²) in [6.07, 6.45) is 6.67. The van der Waals surface area contributed by atoms with Crippen LogP contribution in [0.1, 0.15) is 46.0 Å². The van der Waals surface area contributed by atoms with Gasteiger partial charge in [-0.1, -0.05) is 32.6 Å². The van der Waals surface area contributed by atoms with Crippen LogP contribution in [0.2, 0.25) is 0 Å². The van der Waals surface area contributed by atoms with E-state index in [-0.39, 0.29) is 0 Å². The molecular formula is C10H18O2. The van der Waals surface area contributed by atoms with Crippen LogP contribution >= 0.6 is 0 Å². The quantitative estimate of drug-likeness (QED) is 0.334. The molecule has 2 nitrogen and oxygen atoms in total. The second-order valence-electron chi connectivity index (χ2n) is 3.55. The van der Waals surface area contributed by atoms with Crippen LogP contribution in [-0.4, -0.2) is 12.6 Å². The molecule has 0 aliphatic heterocycles. The molecule has 0 spiro atoms. The Balaban J connectivity index is 3.58. The molecule has 2 heteroatoms. The van der Waals surface area contributed by atoms with Crippen LogP contribution < -0.4 is 0 Å². The first-order valence-electron chi connectivity index (χ1n) is 4.61. The van der Waals surface area contributed by atoms with Crippen molar-refractivity contribution in [3.8, 4) is 0 Å². The molecule has 12 heavy (non-hydrogen) atoms. The summed E-state index contributed by atoms with van der Waals surface area (Å²) in [5.74, 6) is 0. The van der Waals surface area contributed by atoms with Crippen LogP contribution in [0.25, 0.3) is 0 Å². The zero-order chi connectivity index (χ0) is 9.45. The summed E-state index contributed by atoms with van der Waals surface area (Å²) in [5, 5.41) is 0. The number of rotatable bonds is 7. The summed E-state index contributed by atoms with van der Waals surface area (Å²) < 4.78 is 0. The average Bonchev–Trinajstić information content (AvgIpc) is 2.12. The average molecular weight is 170 g/mol. The summed E-state index contributed by atoms with van der Waals surface area (Å²) in [6.45, 7) is 3.83. The molecule has 0 bridgehead atoms. The van der Waals surface area contributed by atoms with Crippen molar-refractivity contribution in [3.05, 3.63) is 0 Å². The summed E-state index contributed by atoms with van der Waals surface area (Å²) in [4.78, 5) is 21.0. The van der Waals surface area contributed by atoms with E-state index in [9.17, 15) is 9.59 Å². The van der Waals surface area contributed by atoms with E-state index in [0.29, 0.717) is 6.42 Å². The first-order valence-corrected chi connectivity index (χ1v) is 4.61. The standard InChI is InChI=1S/C10H18O2/c1-3-4-5-6-7-10(2,8-11)9-12/h8-9H,3-7H2,1-2H3. The topological polar surface area (TPSA) is 34.1 Å². The molecule has 0 aliphatic carbocycles. The van der Waals surface area contributed by atoms with Gasteiger partial charge in [-0.05, 0) is 13.3 Å². The molecule has 0 atom stereocenters. The summed E-state index contributed by atoms with van der Waals surface area (Å²) in [5.41, 5.74) is -0.728. The molecule has 70 valence electrons. The van der Waals surface area contributed by atoms with Gasteiger partial charge in [-0.2, -0.15) is 0 Å². The van der Waals surface area contributed by atoms with E-state index in [1.807, 2.05) is 0 Å². The second kappa shape index (κ2) is 5.92. The molecule has 0 heterocycles. The third-order valence-corrected chi connectivity index (χ3v) is 2.11. The normalized spacial score (nSPS) is 11.2. The Kier molecular flexibility index (Phi) is 5.60. The Morgan fingerprint density at radius 2 is 1.67 bits per heavy atom. The Labute approximate surface area is 74.3 Å². The Morgan fingerprint density at radius 1 is 1.08 bits per heavy atom. The van der Waals surface area contributed by atoms with E-state index in [0.717, 1.165) is 25.4 Å². The highest BCUT2D eigenvalue weighted by atomic mass is 16.1. The number of unbranched alkanes of at least 4 members (excludes halogenated alkanes) is 3. The van der Waals surface area contributed by atoms with Crippen LogP contribution in [0.4, 0.5) is 0 Å². The van der Waals surface area contributed by atoms with Gasteiger partial charge in [0.15, 0.2) is 0 Å². The van der Waals surface area contributed by atoms with Gasteiger partial charge in [0.05, 0.1) is 5.41 Å². The first-order chi connectivity index (χ1) is 5.68. The van der Waals surface area contributed by atoms with Crippen molar-refractivity contribution in [2.24, 2.45) is 5.41 Å². The fraction of sp³-hybridized carbons (Fsp3) is 0.800. The SMILES string of the molecule is CCCCCCC(C)(C=O)C=O. The molecule has 0 aromatic heterocycles. The largest absolute Gasteiger partial charge is 0.302 e. The second-order valence-corrected chi connectivity index (χ2v) is 3.55. The maximum atomic E-state index is 10.5. The van der Waals surface area contributed by atoms with Gasteiger partial charge in [-0.15, -0.1) is 0 Å². The van der Waals surface area contributed by atoms with Gasteiger partial charge in [0, 0.05) is 0 Å². The number of carbonyl (C=O) groups excluding carboxylic acids is 2. The Morgan fingerprint density at radius 3 is 2.08 bits per heavy atom.